The second-order valence-electron chi connectivity index (χ2n) is 4.33. The average Bonchev–Trinajstić information content (AvgIpc) is 2.44. The maximum atomic E-state index is 11.0. The lowest BCUT2D eigenvalue weighted by Gasteiger charge is -2.26. The van der Waals surface area contributed by atoms with Gasteiger partial charge in [-0.3, -0.25) is 9.69 Å². The summed E-state index contributed by atoms with van der Waals surface area (Å²) in [5.41, 5.74) is 5.50. The Morgan fingerprint density at radius 2 is 2.27 bits per heavy atom. The van der Waals surface area contributed by atoms with Crippen LogP contribution in [0, 0.1) is 5.92 Å². The molecule has 2 atom stereocenters. The molecule has 1 saturated heterocycles. The Balaban J connectivity index is 2.51. The molecule has 1 rings (SSSR count). The molecule has 0 aromatic carbocycles. The fourth-order valence-electron chi connectivity index (χ4n) is 2.31. The molecule has 0 aliphatic carbocycles. The van der Waals surface area contributed by atoms with Crippen molar-refractivity contribution in [1.82, 2.24) is 4.90 Å². The summed E-state index contributed by atoms with van der Waals surface area (Å²) in [6.45, 7) is 4.18. The van der Waals surface area contributed by atoms with Crippen molar-refractivity contribution in [3.8, 4) is 0 Å². The van der Waals surface area contributed by atoms with Crippen LogP contribution in [-0.2, 0) is 4.79 Å². The van der Waals surface area contributed by atoms with Gasteiger partial charge in [0.2, 0.25) is 0 Å². The highest BCUT2D eigenvalue weighted by Gasteiger charge is 2.26. The zero-order valence-electron chi connectivity index (χ0n) is 9.48. The van der Waals surface area contributed by atoms with Crippen LogP contribution >= 0.6 is 0 Å². The minimum absolute atomic E-state index is 0.214. The highest BCUT2D eigenvalue weighted by Crippen LogP contribution is 2.21. The van der Waals surface area contributed by atoms with Crippen LogP contribution in [0.1, 0.15) is 32.6 Å². The van der Waals surface area contributed by atoms with Crippen molar-refractivity contribution in [2.75, 3.05) is 19.6 Å². The van der Waals surface area contributed by atoms with E-state index in [0.717, 1.165) is 31.8 Å². The van der Waals surface area contributed by atoms with E-state index < -0.39 is 12.0 Å². The van der Waals surface area contributed by atoms with Gasteiger partial charge in [0.05, 0.1) is 0 Å². The molecule has 4 nitrogen and oxygen atoms in total. The predicted molar refractivity (Wildman–Crippen MR) is 59.7 cm³/mol. The fraction of sp³-hybridized carbons (Fsp3) is 0.909. The van der Waals surface area contributed by atoms with Crippen LogP contribution in [0.5, 0.6) is 0 Å². The van der Waals surface area contributed by atoms with Gasteiger partial charge in [-0.1, -0.05) is 13.3 Å². The molecule has 0 aromatic heterocycles. The number of likely N-dealkylation sites (tertiary alicyclic amines) is 1. The van der Waals surface area contributed by atoms with E-state index in [9.17, 15) is 4.79 Å². The van der Waals surface area contributed by atoms with Gasteiger partial charge >= 0.3 is 5.97 Å². The molecular formula is C11H22N2O2. The van der Waals surface area contributed by atoms with Gasteiger partial charge in [0.25, 0.3) is 0 Å². The molecule has 0 bridgehead atoms. The summed E-state index contributed by atoms with van der Waals surface area (Å²) >= 11 is 0. The van der Waals surface area contributed by atoms with E-state index in [4.69, 9.17) is 10.8 Å². The monoisotopic (exact) mass is 214 g/mol. The molecule has 1 aliphatic heterocycles. The smallest absolute Gasteiger partial charge is 0.322 e. The third-order valence-corrected chi connectivity index (χ3v) is 3.41. The Kier molecular flexibility index (Phi) is 5.05. The molecule has 0 radical (unpaired) electrons. The van der Waals surface area contributed by atoms with Crippen LogP contribution in [0.15, 0.2) is 0 Å². The minimum Gasteiger partial charge on any atom is -0.480 e. The third-order valence-electron chi connectivity index (χ3n) is 3.41. The largest absolute Gasteiger partial charge is 0.480 e. The first kappa shape index (κ1) is 12.5. The van der Waals surface area contributed by atoms with Gasteiger partial charge in [0.15, 0.2) is 0 Å². The summed E-state index contributed by atoms with van der Waals surface area (Å²) in [6.07, 6.45) is 4.64. The average molecular weight is 214 g/mol. The molecule has 0 spiro atoms. The first-order valence-corrected chi connectivity index (χ1v) is 5.86. The molecule has 1 aliphatic rings. The Morgan fingerprint density at radius 3 is 2.80 bits per heavy atom. The molecule has 0 saturated carbocycles. The highest BCUT2D eigenvalue weighted by atomic mass is 16.4. The van der Waals surface area contributed by atoms with Crippen molar-refractivity contribution < 1.29 is 9.90 Å². The van der Waals surface area contributed by atoms with Crippen LogP contribution in [0.2, 0.25) is 0 Å². The highest BCUT2D eigenvalue weighted by molar-refractivity contribution is 5.73. The molecule has 1 fully saturated rings. The quantitative estimate of drug-likeness (QED) is 0.730. The molecule has 15 heavy (non-hydrogen) atoms. The normalized spacial score (nSPS) is 25.9. The zero-order valence-corrected chi connectivity index (χ0v) is 9.48. The van der Waals surface area contributed by atoms with E-state index in [-0.39, 0.29) is 6.54 Å². The van der Waals surface area contributed by atoms with Crippen molar-refractivity contribution in [1.29, 1.82) is 0 Å². The lowest BCUT2D eigenvalue weighted by Crippen LogP contribution is -2.46. The summed E-state index contributed by atoms with van der Waals surface area (Å²) in [5, 5.41) is 9.02. The van der Waals surface area contributed by atoms with Gasteiger partial charge in [-0.15, -0.1) is 0 Å². The fourth-order valence-corrected chi connectivity index (χ4v) is 2.31. The number of carboxylic acid groups (broad SMARTS) is 1. The number of carboxylic acids is 1. The van der Waals surface area contributed by atoms with Crippen molar-refractivity contribution in [2.45, 2.75) is 38.6 Å². The maximum Gasteiger partial charge on any atom is 0.322 e. The Morgan fingerprint density at radius 1 is 1.53 bits per heavy atom. The predicted octanol–water partition coefficient (Wildman–Crippen LogP) is 0.910. The molecule has 3 N–H and O–H groups in total. The SMILES string of the molecule is CCC1CCCN(C(CN)C(=O)O)CC1. The minimum atomic E-state index is -0.785. The van der Waals surface area contributed by atoms with Gasteiger partial charge in [-0.05, 0) is 38.3 Å². The standard InChI is InChI=1S/C11H22N2O2/c1-2-9-4-3-6-13(7-5-9)10(8-12)11(14)15/h9-10H,2-8,12H2,1H3,(H,14,15). The van der Waals surface area contributed by atoms with E-state index in [1.54, 1.807) is 0 Å². The molecule has 0 aromatic rings. The number of nitrogens with zero attached hydrogens (tertiary/aromatic N) is 1. The summed E-state index contributed by atoms with van der Waals surface area (Å²) in [4.78, 5) is 13.0. The van der Waals surface area contributed by atoms with Crippen LogP contribution in [0.3, 0.4) is 0 Å². The second kappa shape index (κ2) is 6.08. The van der Waals surface area contributed by atoms with Crippen molar-refractivity contribution in [2.24, 2.45) is 11.7 Å². The zero-order chi connectivity index (χ0) is 11.3. The Labute approximate surface area is 91.4 Å². The van der Waals surface area contributed by atoms with Crippen LogP contribution in [0.25, 0.3) is 0 Å². The first-order valence-electron chi connectivity index (χ1n) is 5.86. The Bertz CT molecular complexity index is 209. The molecule has 4 heteroatoms. The van der Waals surface area contributed by atoms with Gasteiger partial charge in [-0.25, -0.2) is 0 Å². The van der Waals surface area contributed by atoms with Crippen LogP contribution in [0.4, 0.5) is 0 Å². The van der Waals surface area contributed by atoms with E-state index in [1.807, 2.05) is 4.90 Å². The summed E-state index contributed by atoms with van der Waals surface area (Å²) in [5.74, 6) is -0.0188. The van der Waals surface area contributed by atoms with Gasteiger partial charge in [-0.2, -0.15) is 0 Å². The molecule has 0 amide bonds. The number of nitrogens with two attached hydrogens (primary N) is 1. The first-order chi connectivity index (χ1) is 7.19. The van der Waals surface area contributed by atoms with E-state index in [1.165, 1.54) is 12.8 Å². The van der Waals surface area contributed by atoms with Gasteiger partial charge in [0.1, 0.15) is 6.04 Å². The van der Waals surface area contributed by atoms with Crippen molar-refractivity contribution in [3.05, 3.63) is 0 Å². The lowest BCUT2D eigenvalue weighted by atomic mass is 9.98. The van der Waals surface area contributed by atoms with Gasteiger partial charge in [0, 0.05) is 6.54 Å². The number of carbonyl (C=O) groups is 1. The molecular weight excluding hydrogens is 192 g/mol. The lowest BCUT2D eigenvalue weighted by molar-refractivity contribution is -0.142. The number of rotatable bonds is 4. The van der Waals surface area contributed by atoms with E-state index >= 15 is 0 Å². The molecule has 88 valence electrons. The van der Waals surface area contributed by atoms with Crippen LogP contribution in [-0.4, -0.2) is 41.7 Å². The van der Waals surface area contributed by atoms with E-state index in [0.29, 0.717) is 0 Å². The topological polar surface area (TPSA) is 66.6 Å². The molecule has 2 unspecified atom stereocenters. The molecule has 1 heterocycles. The summed E-state index contributed by atoms with van der Waals surface area (Å²) in [7, 11) is 0. The summed E-state index contributed by atoms with van der Waals surface area (Å²) < 4.78 is 0. The third kappa shape index (κ3) is 3.47. The number of aliphatic carboxylic acids is 1. The maximum absolute atomic E-state index is 11.0. The van der Waals surface area contributed by atoms with Crippen molar-refractivity contribution in [3.63, 3.8) is 0 Å². The van der Waals surface area contributed by atoms with Gasteiger partial charge < -0.3 is 10.8 Å². The van der Waals surface area contributed by atoms with Crippen LogP contribution < -0.4 is 5.73 Å². The van der Waals surface area contributed by atoms with Crippen molar-refractivity contribution >= 4 is 5.97 Å². The number of hydrogen-bond donors (Lipinski definition) is 2. The number of hydrogen-bond acceptors (Lipinski definition) is 3. The Hall–Kier alpha value is -0.610. The van der Waals surface area contributed by atoms with E-state index in [2.05, 4.69) is 6.92 Å². The second-order valence-corrected chi connectivity index (χ2v) is 4.33. The summed E-state index contributed by atoms with van der Waals surface area (Å²) in [6, 6.07) is -0.486.